The number of benzene rings is 1. The number of rotatable bonds is 5. The third-order valence-corrected chi connectivity index (χ3v) is 6.24. The highest BCUT2D eigenvalue weighted by atomic mass is 32.2. The zero-order valence-corrected chi connectivity index (χ0v) is 14.0. The second-order valence-corrected chi connectivity index (χ2v) is 8.18. The summed E-state index contributed by atoms with van der Waals surface area (Å²) in [6, 6.07) is 6.88. The van der Waals surface area contributed by atoms with E-state index in [0.717, 1.165) is 30.2 Å². The highest BCUT2D eigenvalue weighted by Crippen LogP contribution is 2.37. The average molecular weight is 354 g/mol. The summed E-state index contributed by atoms with van der Waals surface area (Å²) in [6.45, 7) is 1.42. The van der Waals surface area contributed by atoms with Crippen LogP contribution in [-0.4, -0.2) is 20.4 Å². The molecule has 0 radical (unpaired) electrons. The maximum Gasteiger partial charge on any atom is 0.271 e. The van der Waals surface area contributed by atoms with Crippen LogP contribution in [0.5, 0.6) is 0 Å². The molecular formula is C15H15FN2O3S2. The van der Waals surface area contributed by atoms with E-state index < -0.39 is 15.8 Å². The minimum Gasteiger partial charge on any atom is -0.308 e. The summed E-state index contributed by atoms with van der Waals surface area (Å²) in [5, 5.41) is 1.65. The fourth-order valence-corrected chi connectivity index (χ4v) is 4.43. The first-order chi connectivity index (χ1) is 10.9. The Balaban J connectivity index is 2.01. The molecule has 8 heteroatoms. The molecule has 1 aliphatic rings. The Hall–Kier alpha value is -1.93. The van der Waals surface area contributed by atoms with E-state index in [0.29, 0.717) is 5.69 Å². The predicted octanol–water partition coefficient (Wildman–Crippen LogP) is 3.20. The van der Waals surface area contributed by atoms with Gasteiger partial charge in [-0.1, -0.05) is 6.07 Å². The smallest absolute Gasteiger partial charge is 0.271 e. The van der Waals surface area contributed by atoms with Gasteiger partial charge in [0.05, 0.1) is 11.4 Å². The molecule has 1 aromatic carbocycles. The van der Waals surface area contributed by atoms with E-state index in [4.69, 9.17) is 0 Å². The van der Waals surface area contributed by atoms with Crippen LogP contribution in [0, 0.1) is 5.82 Å². The zero-order valence-electron chi connectivity index (χ0n) is 12.3. The van der Waals surface area contributed by atoms with Gasteiger partial charge >= 0.3 is 0 Å². The summed E-state index contributed by atoms with van der Waals surface area (Å²) < 4.78 is 40.9. The average Bonchev–Trinajstić information content (AvgIpc) is 3.12. The Morgan fingerprint density at radius 1 is 1.35 bits per heavy atom. The summed E-state index contributed by atoms with van der Waals surface area (Å²) >= 11 is 1.07. The van der Waals surface area contributed by atoms with Crippen molar-refractivity contribution in [3.63, 3.8) is 0 Å². The topological polar surface area (TPSA) is 66.5 Å². The molecule has 0 aliphatic heterocycles. The maximum atomic E-state index is 13.6. The Morgan fingerprint density at radius 3 is 2.65 bits per heavy atom. The number of sulfonamides is 1. The number of carbonyl (C=O) groups excluding carboxylic acids is 1. The van der Waals surface area contributed by atoms with Gasteiger partial charge in [0.1, 0.15) is 10.0 Å². The summed E-state index contributed by atoms with van der Waals surface area (Å²) in [6.07, 6.45) is 1.71. The number of thiophene rings is 1. The van der Waals surface area contributed by atoms with Crippen LogP contribution in [-0.2, 0) is 14.8 Å². The molecule has 3 rings (SSSR count). The van der Waals surface area contributed by atoms with E-state index in [1.54, 1.807) is 11.4 Å². The van der Waals surface area contributed by atoms with E-state index in [2.05, 4.69) is 4.72 Å². The van der Waals surface area contributed by atoms with Gasteiger partial charge < -0.3 is 4.90 Å². The Kier molecular flexibility index (Phi) is 4.11. The summed E-state index contributed by atoms with van der Waals surface area (Å²) in [5.41, 5.74) is 0.446. The van der Waals surface area contributed by atoms with Crippen molar-refractivity contribution in [1.29, 1.82) is 0 Å². The fraction of sp³-hybridized carbons (Fsp3) is 0.267. The van der Waals surface area contributed by atoms with Crippen molar-refractivity contribution in [2.75, 3.05) is 9.62 Å². The molecule has 23 heavy (non-hydrogen) atoms. The van der Waals surface area contributed by atoms with Crippen molar-refractivity contribution >= 4 is 38.6 Å². The van der Waals surface area contributed by atoms with E-state index >= 15 is 0 Å². The van der Waals surface area contributed by atoms with Crippen molar-refractivity contribution < 1.29 is 17.6 Å². The molecule has 1 aliphatic carbocycles. The van der Waals surface area contributed by atoms with Gasteiger partial charge in [0.15, 0.2) is 0 Å². The molecule has 1 saturated carbocycles. The molecule has 2 aromatic rings. The molecule has 1 amide bonds. The minimum absolute atomic E-state index is 0.0444. The first-order valence-electron chi connectivity index (χ1n) is 7.04. The maximum absolute atomic E-state index is 13.6. The highest BCUT2D eigenvalue weighted by molar-refractivity contribution is 7.94. The van der Waals surface area contributed by atoms with E-state index in [9.17, 15) is 17.6 Å². The molecule has 1 fully saturated rings. The predicted molar refractivity (Wildman–Crippen MR) is 87.7 cm³/mol. The lowest BCUT2D eigenvalue weighted by Crippen LogP contribution is -2.31. The number of anilines is 2. The lowest BCUT2D eigenvalue weighted by atomic mass is 10.2. The van der Waals surface area contributed by atoms with Crippen LogP contribution < -0.4 is 9.62 Å². The lowest BCUT2D eigenvalue weighted by Gasteiger charge is -2.24. The van der Waals surface area contributed by atoms with Crippen LogP contribution in [0.4, 0.5) is 15.8 Å². The molecule has 1 heterocycles. The van der Waals surface area contributed by atoms with Gasteiger partial charge in [-0.3, -0.25) is 9.52 Å². The second kappa shape index (κ2) is 5.93. The summed E-state index contributed by atoms with van der Waals surface area (Å²) in [5.74, 6) is -0.771. The molecule has 0 unspecified atom stereocenters. The van der Waals surface area contributed by atoms with Crippen molar-refractivity contribution in [3.8, 4) is 0 Å². The van der Waals surface area contributed by atoms with Crippen LogP contribution in [0.15, 0.2) is 39.9 Å². The standard InChI is InChI=1S/C15H15FN2O3S2/c1-10(19)18(12-5-6-12)14-7-4-11(16)9-13(14)17-23(20,21)15-3-2-8-22-15/h2-4,7-9,12,17H,5-6H2,1H3. The van der Waals surface area contributed by atoms with Gasteiger partial charge in [-0.05, 0) is 36.4 Å². The minimum atomic E-state index is -3.81. The molecule has 5 nitrogen and oxygen atoms in total. The molecule has 0 bridgehead atoms. The number of amides is 1. The summed E-state index contributed by atoms with van der Waals surface area (Å²) in [4.78, 5) is 13.4. The third kappa shape index (κ3) is 3.37. The van der Waals surface area contributed by atoms with Gasteiger partial charge in [-0.2, -0.15) is 0 Å². The third-order valence-electron chi connectivity index (χ3n) is 3.47. The lowest BCUT2D eigenvalue weighted by molar-refractivity contribution is -0.116. The first-order valence-corrected chi connectivity index (χ1v) is 9.40. The van der Waals surface area contributed by atoms with Crippen molar-refractivity contribution in [3.05, 3.63) is 41.5 Å². The molecule has 0 spiro atoms. The molecule has 0 saturated heterocycles. The van der Waals surface area contributed by atoms with Gasteiger partial charge in [0.2, 0.25) is 5.91 Å². The Morgan fingerprint density at radius 2 is 2.09 bits per heavy atom. The van der Waals surface area contributed by atoms with Crippen LogP contribution in [0.25, 0.3) is 0 Å². The monoisotopic (exact) mass is 354 g/mol. The number of nitrogens with one attached hydrogen (secondary N) is 1. The van der Waals surface area contributed by atoms with E-state index in [1.165, 1.54) is 30.0 Å². The molecule has 1 aromatic heterocycles. The van der Waals surface area contributed by atoms with Crippen molar-refractivity contribution in [2.24, 2.45) is 0 Å². The van der Waals surface area contributed by atoms with Crippen LogP contribution in [0.1, 0.15) is 19.8 Å². The van der Waals surface area contributed by atoms with E-state index in [1.807, 2.05) is 0 Å². The second-order valence-electron chi connectivity index (χ2n) is 5.32. The Bertz CT molecular complexity index is 830. The van der Waals surface area contributed by atoms with Gasteiger partial charge in [-0.15, -0.1) is 11.3 Å². The quantitative estimate of drug-likeness (QED) is 0.897. The van der Waals surface area contributed by atoms with Gasteiger partial charge in [0, 0.05) is 19.0 Å². The Labute approximate surface area is 137 Å². The zero-order chi connectivity index (χ0) is 16.6. The van der Waals surface area contributed by atoms with Crippen LogP contribution in [0.3, 0.4) is 0 Å². The number of carbonyl (C=O) groups is 1. The largest absolute Gasteiger partial charge is 0.308 e. The summed E-state index contributed by atoms with van der Waals surface area (Å²) in [7, 11) is -3.81. The normalized spacial score (nSPS) is 14.5. The first kappa shape index (κ1) is 15.9. The van der Waals surface area contributed by atoms with Crippen LogP contribution >= 0.6 is 11.3 Å². The molecule has 122 valence electrons. The number of hydrogen-bond donors (Lipinski definition) is 1. The fourth-order valence-electron chi connectivity index (χ4n) is 2.37. The van der Waals surface area contributed by atoms with E-state index in [-0.39, 0.29) is 21.8 Å². The molecule has 0 atom stereocenters. The molecular weight excluding hydrogens is 339 g/mol. The highest BCUT2D eigenvalue weighted by Gasteiger charge is 2.34. The van der Waals surface area contributed by atoms with Crippen molar-refractivity contribution in [2.45, 2.75) is 30.0 Å². The molecule has 1 N–H and O–H groups in total. The number of halogens is 1. The number of hydrogen-bond acceptors (Lipinski definition) is 4. The van der Waals surface area contributed by atoms with Crippen molar-refractivity contribution in [1.82, 2.24) is 0 Å². The van der Waals surface area contributed by atoms with Gasteiger partial charge in [0.25, 0.3) is 10.0 Å². The SMILES string of the molecule is CC(=O)N(c1ccc(F)cc1NS(=O)(=O)c1cccs1)C1CC1. The van der Waals surface area contributed by atoms with Crippen LogP contribution in [0.2, 0.25) is 0 Å². The number of nitrogens with zero attached hydrogens (tertiary/aromatic N) is 1. The van der Waals surface area contributed by atoms with Gasteiger partial charge in [-0.25, -0.2) is 12.8 Å².